The minimum Gasteiger partial charge on any atom is -0.350 e. The Morgan fingerprint density at radius 1 is 1.14 bits per heavy atom. The van der Waals surface area contributed by atoms with E-state index in [-0.39, 0.29) is 5.91 Å². The van der Waals surface area contributed by atoms with Crippen LogP contribution in [0.2, 0.25) is 0 Å². The first-order valence-corrected chi connectivity index (χ1v) is 9.66. The van der Waals surface area contributed by atoms with E-state index in [2.05, 4.69) is 31.1 Å². The maximum atomic E-state index is 12.7. The Bertz CT molecular complexity index is 974. The molecule has 4 N–H and O–H groups in total. The molecule has 3 aromatic rings. The number of carbonyl (C=O) groups is 2. The molecular formula is C18H18N6O2S2. The molecule has 144 valence electrons. The standard InChI is InChI=1S/C18H18N6O2S2/c25-15(20-11-13-7-4-8-19-10-13)14(9-12-5-2-1-3-6-12)21-16(26)22-17-23-24-18(27)28-17/h1-8,10,14H,9,11H2,(H,20,25)(H,24,27)(H2,21,22,23,26)/t14-/m0/s1. The van der Waals surface area contributed by atoms with E-state index in [1.807, 2.05) is 36.4 Å². The van der Waals surface area contributed by atoms with Crippen molar-refractivity contribution in [2.45, 2.75) is 19.0 Å². The fraction of sp³-hybridized carbons (Fsp3) is 0.167. The maximum Gasteiger partial charge on any atom is 0.321 e. The van der Waals surface area contributed by atoms with Gasteiger partial charge < -0.3 is 10.6 Å². The average molecular weight is 415 g/mol. The van der Waals surface area contributed by atoms with E-state index >= 15 is 0 Å². The first-order chi connectivity index (χ1) is 13.6. The van der Waals surface area contributed by atoms with Crippen molar-refractivity contribution in [2.24, 2.45) is 0 Å². The molecule has 28 heavy (non-hydrogen) atoms. The van der Waals surface area contributed by atoms with Crippen molar-refractivity contribution in [3.05, 3.63) is 69.9 Å². The predicted molar refractivity (Wildman–Crippen MR) is 109 cm³/mol. The Morgan fingerprint density at radius 2 is 1.93 bits per heavy atom. The molecule has 0 radical (unpaired) electrons. The van der Waals surface area contributed by atoms with E-state index in [0.29, 0.717) is 22.1 Å². The van der Waals surface area contributed by atoms with Crippen LogP contribution in [0.15, 0.2) is 54.9 Å². The fourth-order valence-corrected chi connectivity index (χ4v) is 3.23. The molecule has 0 fully saturated rings. The number of hydrogen-bond acceptors (Lipinski definition) is 6. The molecule has 1 atom stereocenters. The molecule has 0 spiro atoms. The molecule has 0 aliphatic rings. The molecule has 0 aliphatic heterocycles. The van der Waals surface area contributed by atoms with Gasteiger partial charge >= 0.3 is 6.03 Å². The second-order valence-corrected chi connectivity index (χ2v) is 7.50. The normalized spacial score (nSPS) is 11.4. The Morgan fingerprint density at radius 3 is 2.61 bits per heavy atom. The lowest BCUT2D eigenvalue weighted by atomic mass is 10.1. The zero-order chi connectivity index (χ0) is 19.8. The average Bonchev–Trinajstić information content (AvgIpc) is 3.11. The highest BCUT2D eigenvalue weighted by molar-refractivity contribution is 7.73. The summed E-state index contributed by atoms with van der Waals surface area (Å²) in [5.74, 6) is -0.294. The number of carbonyl (C=O) groups excluding carboxylic acids is 2. The number of urea groups is 1. The Kier molecular flexibility index (Phi) is 6.82. The van der Waals surface area contributed by atoms with E-state index in [1.54, 1.807) is 18.5 Å². The van der Waals surface area contributed by atoms with E-state index in [4.69, 9.17) is 12.2 Å². The molecular weight excluding hydrogens is 396 g/mol. The summed E-state index contributed by atoms with van der Waals surface area (Å²) in [4.78, 5) is 29.0. The summed E-state index contributed by atoms with van der Waals surface area (Å²) >= 11 is 6.07. The molecule has 8 nitrogen and oxygen atoms in total. The zero-order valence-corrected chi connectivity index (χ0v) is 16.3. The van der Waals surface area contributed by atoms with Crippen LogP contribution in [-0.2, 0) is 17.8 Å². The predicted octanol–water partition coefficient (Wildman–Crippen LogP) is 2.64. The van der Waals surface area contributed by atoms with Gasteiger partial charge in [-0.3, -0.25) is 20.2 Å². The fourth-order valence-electron chi connectivity index (χ4n) is 2.45. The van der Waals surface area contributed by atoms with Gasteiger partial charge in [0.1, 0.15) is 6.04 Å². The largest absolute Gasteiger partial charge is 0.350 e. The number of rotatable bonds is 7. The molecule has 0 saturated carbocycles. The topological polar surface area (TPSA) is 112 Å². The first-order valence-electron chi connectivity index (χ1n) is 8.44. The van der Waals surface area contributed by atoms with Gasteiger partial charge in [-0.25, -0.2) is 4.79 Å². The number of nitrogens with one attached hydrogen (secondary N) is 4. The molecule has 3 rings (SSSR count). The Balaban J connectivity index is 1.65. The third kappa shape index (κ3) is 5.96. The summed E-state index contributed by atoms with van der Waals surface area (Å²) < 4.78 is 0.449. The summed E-state index contributed by atoms with van der Waals surface area (Å²) in [5, 5.41) is 14.9. The van der Waals surface area contributed by atoms with Crippen LogP contribution in [0.1, 0.15) is 11.1 Å². The maximum absolute atomic E-state index is 12.7. The molecule has 3 amide bonds. The minimum atomic E-state index is -0.758. The van der Waals surface area contributed by atoms with Crippen LogP contribution in [-0.4, -0.2) is 33.2 Å². The first kappa shape index (κ1) is 19.6. The van der Waals surface area contributed by atoms with Crippen LogP contribution in [0.3, 0.4) is 0 Å². The number of aromatic amines is 1. The lowest BCUT2D eigenvalue weighted by Gasteiger charge is -2.18. The zero-order valence-electron chi connectivity index (χ0n) is 14.7. The van der Waals surface area contributed by atoms with Gasteiger partial charge in [0.25, 0.3) is 0 Å². The highest BCUT2D eigenvalue weighted by atomic mass is 32.1. The van der Waals surface area contributed by atoms with Crippen molar-refractivity contribution in [3.8, 4) is 0 Å². The number of hydrogen-bond donors (Lipinski definition) is 4. The van der Waals surface area contributed by atoms with Crippen LogP contribution in [0.25, 0.3) is 0 Å². The van der Waals surface area contributed by atoms with Gasteiger partial charge in [-0.1, -0.05) is 47.7 Å². The van der Waals surface area contributed by atoms with Crippen molar-refractivity contribution in [2.75, 3.05) is 5.32 Å². The van der Waals surface area contributed by atoms with Crippen LogP contribution < -0.4 is 16.0 Å². The van der Waals surface area contributed by atoms with Crippen molar-refractivity contribution in [1.82, 2.24) is 25.8 Å². The third-order valence-corrected chi connectivity index (χ3v) is 4.76. The van der Waals surface area contributed by atoms with E-state index in [1.165, 1.54) is 0 Å². The monoisotopic (exact) mass is 414 g/mol. The second kappa shape index (κ2) is 9.72. The highest BCUT2D eigenvalue weighted by Crippen LogP contribution is 2.11. The number of amides is 3. The number of nitrogens with zero attached hydrogens (tertiary/aromatic N) is 2. The van der Waals surface area contributed by atoms with E-state index in [0.717, 1.165) is 22.5 Å². The summed E-state index contributed by atoms with van der Waals surface area (Å²) in [6.45, 7) is 0.321. The number of benzene rings is 1. The van der Waals surface area contributed by atoms with Crippen molar-refractivity contribution >= 4 is 40.6 Å². The Labute approximate surface area is 170 Å². The van der Waals surface area contributed by atoms with Crippen molar-refractivity contribution in [1.29, 1.82) is 0 Å². The molecule has 0 bridgehead atoms. The lowest BCUT2D eigenvalue weighted by molar-refractivity contribution is -0.123. The van der Waals surface area contributed by atoms with Gasteiger partial charge in [-0.15, -0.1) is 5.10 Å². The van der Waals surface area contributed by atoms with Gasteiger partial charge in [0.2, 0.25) is 11.0 Å². The summed E-state index contributed by atoms with van der Waals surface area (Å²) in [5.41, 5.74) is 1.80. The van der Waals surface area contributed by atoms with Crippen molar-refractivity contribution in [3.63, 3.8) is 0 Å². The summed E-state index contributed by atoms with van der Waals surface area (Å²) in [7, 11) is 0. The molecule has 0 saturated heterocycles. The summed E-state index contributed by atoms with van der Waals surface area (Å²) in [6, 6.07) is 11.8. The molecule has 10 heteroatoms. The van der Waals surface area contributed by atoms with Gasteiger partial charge in [-0.05, 0) is 29.4 Å². The van der Waals surface area contributed by atoms with Gasteiger partial charge in [-0.2, -0.15) is 0 Å². The minimum absolute atomic E-state index is 0.294. The quantitative estimate of drug-likeness (QED) is 0.444. The van der Waals surface area contributed by atoms with E-state index in [9.17, 15) is 9.59 Å². The van der Waals surface area contributed by atoms with Gasteiger partial charge in [0.15, 0.2) is 3.95 Å². The van der Waals surface area contributed by atoms with Crippen LogP contribution >= 0.6 is 23.6 Å². The Hall–Kier alpha value is -3.11. The molecule has 0 unspecified atom stereocenters. The van der Waals surface area contributed by atoms with Crippen LogP contribution in [0.4, 0.5) is 9.93 Å². The molecule has 2 heterocycles. The smallest absolute Gasteiger partial charge is 0.321 e. The van der Waals surface area contributed by atoms with Gasteiger partial charge in [0.05, 0.1) is 0 Å². The number of anilines is 1. The van der Waals surface area contributed by atoms with Crippen LogP contribution in [0.5, 0.6) is 0 Å². The third-order valence-electron chi connectivity index (χ3n) is 3.75. The number of aromatic nitrogens is 3. The molecule has 1 aromatic carbocycles. The summed E-state index contributed by atoms with van der Waals surface area (Å²) in [6.07, 6.45) is 3.70. The van der Waals surface area contributed by atoms with Crippen LogP contribution in [0, 0.1) is 3.95 Å². The van der Waals surface area contributed by atoms with E-state index < -0.39 is 12.1 Å². The number of H-pyrrole nitrogens is 1. The van der Waals surface area contributed by atoms with Crippen molar-refractivity contribution < 1.29 is 9.59 Å². The molecule has 0 aliphatic carbocycles. The second-order valence-electron chi connectivity index (χ2n) is 5.84. The van der Waals surface area contributed by atoms with Gasteiger partial charge in [0, 0.05) is 25.4 Å². The number of pyridine rings is 1. The molecule has 2 aromatic heterocycles. The SMILES string of the molecule is O=C(Nc1n[nH]c(=S)s1)N[C@@H](Cc1ccccc1)C(=O)NCc1cccnc1. The highest BCUT2D eigenvalue weighted by Gasteiger charge is 2.21. The lowest BCUT2D eigenvalue weighted by Crippen LogP contribution is -2.49.